The van der Waals surface area contributed by atoms with E-state index >= 15 is 0 Å². The van der Waals surface area contributed by atoms with Crippen LogP contribution in [0.25, 0.3) is 0 Å². The lowest BCUT2D eigenvalue weighted by Crippen LogP contribution is -2.07. The summed E-state index contributed by atoms with van der Waals surface area (Å²) in [5.74, 6) is 0.626. The molecule has 3 nitrogen and oxygen atoms in total. The van der Waals surface area contributed by atoms with E-state index in [0.29, 0.717) is 17.9 Å². The van der Waals surface area contributed by atoms with Gasteiger partial charge >= 0.3 is 0 Å². The van der Waals surface area contributed by atoms with Crippen LogP contribution < -0.4 is 4.74 Å². The molecule has 0 radical (unpaired) electrons. The van der Waals surface area contributed by atoms with Crippen LogP contribution in [0.1, 0.15) is 17.3 Å². The fourth-order valence-corrected chi connectivity index (χ4v) is 1.59. The minimum Gasteiger partial charge on any atom is -0.490 e. The van der Waals surface area contributed by atoms with Gasteiger partial charge in [-0.1, -0.05) is 15.9 Å². The molecule has 1 aromatic carbocycles. The second kappa shape index (κ2) is 4.33. The highest BCUT2D eigenvalue weighted by molar-refractivity contribution is 9.10. The Morgan fingerprint density at radius 1 is 1.67 bits per heavy atom. The van der Waals surface area contributed by atoms with Crippen molar-refractivity contribution in [3.63, 3.8) is 0 Å². The molecule has 4 heteroatoms. The molecule has 0 N–H and O–H groups in total. The van der Waals surface area contributed by atoms with E-state index in [9.17, 15) is 4.79 Å². The number of epoxide rings is 1. The summed E-state index contributed by atoms with van der Waals surface area (Å²) in [5, 5.41) is 0. The number of Topliss-reactive ketones (excluding diaryl/α,β-unsaturated/α-hetero) is 1. The molecule has 0 saturated carbocycles. The van der Waals surface area contributed by atoms with Gasteiger partial charge in [0.1, 0.15) is 18.5 Å². The second-order valence-electron chi connectivity index (χ2n) is 3.46. The number of benzene rings is 1. The van der Waals surface area contributed by atoms with Gasteiger partial charge in [-0.15, -0.1) is 0 Å². The molecule has 0 spiro atoms. The minimum absolute atomic E-state index is 0.00853. The van der Waals surface area contributed by atoms with Gasteiger partial charge in [0.2, 0.25) is 0 Å². The Balaban J connectivity index is 2.16. The van der Waals surface area contributed by atoms with Gasteiger partial charge in [0.15, 0.2) is 5.78 Å². The maximum absolute atomic E-state index is 11.3. The fourth-order valence-electron chi connectivity index (χ4n) is 1.25. The average molecular weight is 271 g/mol. The standard InChI is InChI=1S/C11H11BrO3/c1-7(13)10-3-2-8(12)4-11(10)15-6-9-5-14-9/h2-4,9H,5-6H2,1H3/t9-/m1/s1. The maximum Gasteiger partial charge on any atom is 0.163 e. The Bertz CT molecular complexity index is 385. The van der Waals surface area contributed by atoms with Crippen LogP contribution in [0, 0.1) is 0 Å². The molecule has 0 unspecified atom stereocenters. The van der Waals surface area contributed by atoms with Crippen molar-refractivity contribution in [3.05, 3.63) is 28.2 Å². The molecule has 2 rings (SSSR count). The van der Waals surface area contributed by atoms with Crippen LogP contribution in [0.3, 0.4) is 0 Å². The highest BCUT2D eigenvalue weighted by Crippen LogP contribution is 2.25. The number of carbonyl (C=O) groups is 1. The first-order valence-corrected chi connectivity index (χ1v) is 5.51. The number of rotatable bonds is 4. The number of hydrogen-bond acceptors (Lipinski definition) is 3. The van der Waals surface area contributed by atoms with Crippen LogP contribution in [0.2, 0.25) is 0 Å². The Labute approximate surface area is 96.5 Å². The van der Waals surface area contributed by atoms with Gasteiger partial charge in [-0.3, -0.25) is 4.79 Å². The van der Waals surface area contributed by atoms with E-state index in [1.165, 1.54) is 6.92 Å². The first kappa shape index (κ1) is 10.6. The molecular weight excluding hydrogens is 260 g/mol. The zero-order valence-electron chi connectivity index (χ0n) is 8.33. The fraction of sp³-hybridized carbons (Fsp3) is 0.364. The predicted molar refractivity (Wildman–Crippen MR) is 59.4 cm³/mol. The molecule has 1 saturated heterocycles. The molecular formula is C11H11BrO3. The third-order valence-electron chi connectivity index (χ3n) is 2.15. The topological polar surface area (TPSA) is 38.8 Å². The lowest BCUT2D eigenvalue weighted by atomic mass is 10.1. The van der Waals surface area contributed by atoms with E-state index in [1.807, 2.05) is 6.07 Å². The molecule has 1 aliphatic heterocycles. The molecule has 0 aromatic heterocycles. The SMILES string of the molecule is CC(=O)c1ccc(Br)cc1OC[C@H]1CO1. The molecule has 1 aromatic rings. The van der Waals surface area contributed by atoms with E-state index in [4.69, 9.17) is 9.47 Å². The van der Waals surface area contributed by atoms with Crippen LogP contribution in [0.15, 0.2) is 22.7 Å². The molecule has 0 aliphatic carbocycles. The van der Waals surface area contributed by atoms with Crippen molar-refractivity contribution in [1.82, 2.24) is 0 Å². The maximum atomic E-state index is 11.3. The zero-order valence-corrected chi connectivity index (χ0v) is 9.91. The third kappa shape index (κ3) is 2.79. The highest BCUT2D eigenvalue weighted by atomic mass is 79.9. The first-order chi connectivity index (χ1) is 7.16. The molecule has 1 heterocycles. The van der Waals surface area contributed by atoms with Gasteiger partial charge in [-0.2, -0.15) is 0 Å². The van der Waals surface area contributed by atoms with Crippen LogP contribution in [-0.2, 0) is 4.74 Å². The highest BCUT2D eigenvalue weighted by Gasteiger charge is 2.23. The van der Waals surface area contributed by atoms with Gasteiger partial charge in [0.25, 0.3) is 0 Å². The van der Waals surface area contributed by atoms with Gasteiger partial charge < -0.3 is 9.47 Å². The van der Waals surface area contributed by atoms with Crippen molar-refractivity contribution in [3.8, 4) is 5.75 Å². The van der Waals surface area contributed by atoms with Gasteiger partial charge in [-0.25, -0.2) is 0 Å². The molecule has 80 valence electrons. The lowest BCUT2D eigenvalue weighted by Gasteiger charge is -2.08. The quantitative estimate of drug-likeness (QED) is 0.623. The Kier molecular flexibility index (Phi) is 3.07. The average Bonchev–Trinajstić information content (AvgIpc) is 2.97. The van der Waals surface area contributed by atoms with Crippen molar-refractivity contribution >= 4 is 21.7 Å². The Morgan fingerprint density at radius 2 is 2.40 bits per heavy atom. The summed E-state index contributed by atoms with van der Waals surface area (Å²) >= 11 is 3.35. The predicted octanol–water partition coefficient (Wildman–Crippen LogP) is 2.43. The third-order valence-corrected chi connectivity index (χ3v) is 2.64. The largest absolute Gasteiger partial charge is 0.490 e. The van der Waals surface area contributed by atoms with Crippen molar-refractivity contribution < 1.29 is 14.3 Å². The molecule has 15 heavy (non-hydrogen) atoms. The smallest absolute Gasteiger partial charge is 0.163 e. The van der Waals surface area contributed by atoms with Crippen molar-refractivity contribution in [2.45, 2.75) is 13.0 Å². The summed E-state index contributed by atoms with van der Waals surface area (Å²) in [6, 6.07) is 5.39. The van der Waals surface area contributed by atoms with Crippen LogP contribution in [0.4, 0.5) is 0 Å². The zero-order chi connectivity index (χ0) is 10.8. The van der Waals surface area contributed by atoms with Gasteiger partial charge in [-0.05, 0) is 25.1 Å². The Hall–Kier alpha value is -0.870. The van der Waals surface area contributed by atoms with Crippen LogP contribution in [-0.4, -0.2) is 25.1 Å². The summed E-state index contributed by atoms with van der Waals surface area (Å²) < 4.78 is 11.5. The minimum atomic E-state index is 0.00853. The monoisotopic (exact) mass is 270 g/mol. The molecule has 0 bridgehead atoms. The van der Waals surface area contributed by atoms with E-state index in [2.05, 4.69) is 15.9 Å². The van der Waals surface area contributed by atoms with Crippen LogP contribution in [0.5, 0.6) is 5.75 Å². The Morgan fingerprint density at radius 3 is 3.00 bits per heavy atom. The molecule has 1 atom stereocenters. The van der Waals surface area contributed by atoms with E-state index < -0.39 is 0 Å². The number of carbonyl (C=O) groups excluding carboxylic acids is 1. The lowest BCUT2D eigenvalue weighted by molar-refractivity contribution is 0.101. The summed E-state index contributed by atoms with van der Waals surface area (Å²) in [7, 11) is 0. The summed E-state index contributed by atoms with van der Waals surface area (Å²) in [4.78, 5) is 11.3. The van der Waals surface area contributed by atoms with E-state index in [1.54, 1.807) is 12.1 Å². The van der Waals surface area contributed by atoms with Crippen molar-refractivity contribution in [1.29, 1.82) is 0 Å². The van der Waals surface area contributed by atoms with Gasteiger partial charge in [0.05, 0.1) is 12.2 Å². The van der Waals surface area contributed by atoms with E-state index in [0.717, 1.165) is 11.1 Å². The number of hydrogen-bond donors (Lipinski definition) is 0. The molecule has 1 fully saturated rings. The molecule has 0 amide bonds. The number of halogens is 1. The summed E-state index contributed by atoms with van der Waals surface area (Å²) in [5.41, 5.74) is 0.610. The summed E-state index contributed by atoms with van der Waals surface area (Å²) in [6.45, 7) is 2.80. The number of ether oxygens (including phenoxy) is 2. The normalized spacial score (nSPS) is 18.7. The van der Waals surface area contributed by atoms with Crippen molar-refractivity contribution in [2.75, 3.05) is 13.2 Å². The second-order valence-corrected chi connectivity index (χ2v) is 4.38. The van der Waals surface area contributed by atoms with Gasteiger partial charge in [0, 0.05) is 4.47 Å². The van der Waals surface area contributed by atoms with Crippen molar-refractivity contribution in [2.24, 2.45) is 0 Å². The van der Waals surface area contributed by atoms with E-state index in [-0.39, 0.29) is 11.9 Å². The van der Waals surface area contributed by atoms with Crippen LogP contribution >= 0.6 is 15.9 Å². The summed E-state index contributed by atoms with van der Waals surface area (Å²) in [6.07, 6.45) is 0.198. The first-order valence-electron chi connectivity index (χ1n) is 4.71. The number of ketones is 1. The molecule has 1 aliphatic rings.